The molecular weight excluding hydrogens is 708 g/mol. The molecular formula is C30H4F12N4S2. The average Bonchev–Trinajstić information content (AvgIpc) is 3.48. The van der Waals surface area contributed by atoms with Crippen molar-refractivity contribution in [2.24, 2.45) is 0 Å². The molecule has 3 aromatic carbocycles. The van der Waals surface area contributed by atoms with E-state index in [-0.39, 0.29) is 46.9 Å². The van der Waals surface area contributed by atoms with Crippen molar-refractivity contribution in [3.05, 3.63) is 79.4 Å². The van der Waals surface area contributed by atoms with Gasteiger partial charge in [0.2, 0.25) is 0 Å². The Bertz CT molecular complexity index is 2290. The number of thiophene rings is 2. The van der Waals surface area contributed by atoms with Gasteiger partial charge in [0.05, 0.1) is 9.06 Å². The number of benzene rings is 3. The average molecular weight is 713 g/mol. The van der Waals surface area contributed by atoms with Crippen LogP contribution in [0.2, 0.25) is 0 Å². The minimum absolute atomic E-state index is 0.0871. The normalized spacial score (nSPS) is 11.7. The van der Waals surface area contributed by atoms with Crippen LogP contribution in [0.1, 0.15) is 11.1 Å². The lowest BCUT2D eigenvalue weighted by Crippen LogP contribution is -2.11. The lowest BCUT2D eigenvalue weighted by atomic mass is 9.91. The van der Waals surface area contributed by atoms with Gasteiger partial charge in [-0.05, 0) is 35.4 Å². The highest BCUT2D eigenvalue weighted by Gasteiger charge is 2.40. The van der Waals surface area contributed by atoms with Crippen molar-refractivity contribution in [3.63, 3.8) is 0 Å². The lowest BCUT2D eigenvalue weighted by Gasteiger charge is -2.16. The number of halogens is 12. The van der Waals surface area contributed by atoms with E-state index in [0.29, 0.717) is 0 Å². The van der Waals surface area contributed by atoms with Gasteiger partial charge in [-0.3, -0.25) is 0 Å². The Morgan fingerprint density at radius 2 is 0.771 bits per heavy atom. The predicted octanol–water partition coefficient (Wildman–Crippen LogP) is 8.72. The molecule has 0 aliphatic carbocycles. The summed E-state index contributed by atoms with van der Waals surface area (Å²) in [4.78, 5) is 0. The highest BCUT2D eigenvalue weighted by Crippen LogP contribution is 2.49. The third-order valence-corrected chi connectivity index (χ3v) is 9.18. The van der Waals surface area contributed by atoms with Crippen molar-refractivity contribution in [3.8, 4) is 46.5 Å². The Hall–Kier alpha value is -5.56. The molecule has 0 aliphatic rings. The maximum atomic E-state index is 16.3. The topological polar surface area (TPSA) is 95.2 Å². The van der Waals surface area contributed by atoms with E-state index in [1.807, 2.05) is 0 Å². The van der Waals surface area contributed by atoms with Crippen LogP contribution in [-0.4, -0.2) is 0 Å². The van der Waals surface area contributed by atoms with E-state index >= 15 is 8.78 Å². The highest BCUT2D eigenvalue weighted by molar-refractivity contribution is 7.20. The molecule has 0 amide bonds. The summed E-state index contributed by atoms with van der Waals surface area (Å²) in [6.45, 7) is 0. The third-order valence-electron chi connectivity index (χ3n) is 6.78. The van der Waals surface area contributed by atoms with E-state index in [1.54, 1.807) is 0 Å². The molecule has 0 radical (unpaired) electrons. The predicted molar refractivity (Wildman–Crippen MR) is 146 cm³/mol. The monoisotopic (exact) mass is 712 g/mol. The van der Waals surface area contributed by atoms with Gasteiger partial charge in [-0.15, -0.1) is 22.7 Å². The zero-order chi connectivity index (χ0) is 35.6. The van der Waals surface area contributed by atoms with E-state index in [9.17, 15) is 65.0 Å². The molecule has 0 unspecified atom stereocenters. The molecule has 0 atom stereocenters. The van der Waals surface area contributed by atoms with Crippen molar-refractivity contribution in [2.45, 2.75) is 12.4 Å². The van der Waals surface area contributed by atoms with Crippen LogP contribution < -0.4 is 9.06 Å². The fraction of sp³-hybridized carbons (Fsp3) is 0.0667. The van der Waals surface area contributed by atoms with E-state index < -0.39 is 121 Å². The van der Waals surface area contributed by atoms with Gasteiger partial charge in [-0.2, -0.15) is 47.4 Å². The summed E-state index contributed by atoms with van der Waals surface area (Å²) in [6, 6.07) is 5.74. The maximum Gasteiger partial charge on any atom is 0.422 e. The van der Waals surface area contributed by atoms with Crippen LogP contribution in [0.15, 0.2) is 24.3 Å². The molecule has 4 nitrogen and oxygen atoms in total. The third kappa shape index (κ3) is 5.16. The summed E-state index contributed by atoms with van der Waals surface area (Å²) in [6.07, 6.45) is -11.2. The van der Waals surface area contributed by atoms with Crippen LogP contribution in [-0.2, 0) is 12.4 Å². The summed E-state index contributed by atoms with van der Waals surface area (Å²) in [5.74, 6) is -12.1. The molecule has 0 aliphatic heterocycles. The molecule has 0 spiro atoms. The van der Waals surface area contributed by atoms with Crippen LogP contribution in [0.25, 0.3) is 53.6 Å². The largest absolute Gasteiger partial charge is 0.422 e. The summed E-state index contributed by atoms with van der Waals surface area (Å²) in [7, 11) is 0. The van der Waals surface area contributed by atoms with E-state index in [0.717, 1.165) is 0 Å². The van der Waals surface area contributed by atoms with Crippen LogP contribution in [0.5, 0.6) is 0 Å². The Kier molecular flexibility index (Phi) is 8.17. The summed E-state index contributed by atoms with van der Waals surface area (Å²) in [5.41, 5.74) is -10.1. The Labute approximate surface area is 265 Å². The van der Waals surface area contributed by atoms with Crippen LogP contribution in [0.4, 0.5) is 52.7 Å². The Morgan fingerprint density at radius 3 is 1.00 bits per heavy atom. The number of hydrogen-bond donors (Lipinski definition) is 0. The minimum Gasteiger partial charge on any atom is -0.206 e. The van der Waals surface area contributed by atoms with Crippen LogP contribution >= 0.6 is 22.7 Å². The molecule has 0 saturated carbocycles. The van der Waals surface area contributed by atoms with Crippen LogP contribution in [0.3, 0.4) is 0 Å². The van der Waals surface area contributed by atoms with Gasteiger partial charge in [0.15, 0.2) is 11.6 Å². The fourth-order valence-corrected chi connectivity index (χ4v) is 7.36. The van der Waals surface area contributed by atoms with Gasteiger partial charge in [0.25, 0.3) is 0 Å². The zero-order valence-electron chi connectivity index (χ0n) is 22.5. The van der Waals surface area contributed by atoms with Gasteiger partial charge >= 0.3 is 12.4 Å². The highest BCUT2D eigenvalue weighted by atomic mass is 32.1. The summed E-state index contributed by atoms with van der Waals surface area (Å²) in [5, 5.41) is 35.8. The van der Waals surface area contributed by atoms with E-state index in [1.165, 1.54) is 24.3 Å². The molecule has 48 heavy (non-hydrogen) atoms. The standard InChI is InChI=1S/C30H4F12N4S2/c31-13-1-9(2-14(32)21(13)29(37,38)39)17-19-23(35)25(11(5-43)6-44)48-28(19)18(10-3-15(33)22(16(34)4-10)30(40,41)42)20-24(36)26(47-27(17)20)12(7-45)8-46/h1-4H. The molecule has 5 rings (SSSR count). The van der Waals surface area contributed by atoms with Gasteiger partial charge < -0.3 is 0 Å². The summed E-state index contributed by atoms with van der Waals surface area (Å²) >= 11 is 0.222. The number of nitriles is 4. The summed E-state index contributed by atoms with van der Waals surface area (Å²) < 4.78 is 169. The van der Waals surface area contributed by atoms with Gasteiger partial charge in [-0.1, -0.05) is 0 Å². The lowest BCUT2D eigenvalue weighted by molar-refractivity contribution is -0.143. The van der Waals surface area contributed by atoms with Crippen molar-refractivity contribution in [1.82, 2.24) is 0 Å². The number of hydrogen-bond acceptors (Lipinski definition) is 6. The second-order valence-electron chi connectivity index (χ2n) is 9.47. The molecule has 0 saturated heterocycles. The molecule has 240 valence electrons. The maximum absolute atomic E-state index is 16.3. The molecule has 0 bridgehead atoms. The molecule has 18 heteroatoms. The van der Waals surface area contributed by atoms with Crippen LogP contribution in [0, 0.1) is 80.2 Å². The van der Waals surface area contributed by atoms with Crippen molar-refractivity contribution in [1.29, 1.82) is 21.0 Å². The van der Waals surface area contributed by atoms with E-state index in [4.69, 9.17) is 0 Å². The first-order valence-corrected chi connectivity index (χ1v) is 13.9. The number of nitrogens with zero attached hydrogens (tertiary/aromatic N) is 4. The molecule has 2 heterocycles. The zero-order valence-corrected chi connectivity index (χ0v) is 24.1. The first-order chi connectivity index (χ1) is 22.4. The number of alkyl halides is 6. The number of fused-ring (bicyclic) bond motifs is 2. The van der Waals surface area contributed by atoms with E-state index in [2.05, 4.69) is 0 Å². The first kappa shape index (κ1) is 33.8. The number of rotatable bonds is 2. The van der Waals surface area contributed by atoms with Crippen molar-refractivity contribution < 1.29 is 52.7 Å². The van der Waals surface area contributed by atoms with Crippen molar-refractivity contribution >= 4 is 54.0 Å². The fourth-order valence-electron chi connectivity index (χ4n) is 4.95. The Balaban J connectivity index is 2.18. The second kappa shape index (κ2) is 11.6. The second-order valence-corrected chi connectivity index (χ2v) is 11.5. The molecule has 0 N–H and O–H groups in total. The quantitative estimate of drug-likeness (QED) is 0.171. The SMILES string of the molecule is N#CC(C#N)=c1sc2c(-c3cc(F)c(C(F)(F)F)c(F)c3)c3c(F)c(=C(C#N)C#N)sc3c(-c3cc(F)c(C(F)(F)F)c(F)c3)c2c1F. The van der Waals surface area contributed by atoms with Gasteiger partial charge in [-0.25, -0.2) is 26.3 Å². The van der Waals surface area contributed by atoms with Gasteiger partial charge in [0.1, 0.15) is 69.8 Å². The molecule has 0 fully saturated rings. The Morgan fingerprint density at radius 1 is 0.500 bits per heavy atom. The first-order valence-electron chi connectivity index (χ1n) is 12.3. The molecule has 5 aromatic rings. The minimum atomic E-state index is -5.58. The van der Waals surface area contributed by atoms with Gasteiger partial charge in [0, 0.05) is 31.3 Å². The smallest absolute Gasteiger partial charge is 0.206 e. The van der Waals surface area contributed by atoms with Crippen molar-refractivity contribution in [2.75, 3.05) is 0 Å². The molecule has 2 aromatic heterocycles.